The summed E-state index contributed by atoms with van der Waals surface area (Å²) in [6.45, 7) is 10.8. The van der Waals surface area contributed by atoms with Crippen LogP contribution in [0.1, 0.15) is 66.7 Å². The van der Waals surface area contributed by atoms with E-state index >= 15 is 0 Å². The van der Waals surface area contributed by atoms with Gasteiger partial charge in [-0.25, -0.2) is 4.98 Å². The zero-order chi connectivity index (χ0) is 30.8. The van der Waals surface area contributed by atoms with Gasteiger partial charge in [-0.3, -0.25) is 19.3 Å². The topological polar surface area (TPSA) is 124 Å². The lowest BCUT2D eigenvalue weighted by atomic mass is 9.95. The van der Waals surface area contributed by atoms with Crippen LogP contribution in [0.4, 0.5) is 5.13 Å². The zero-order valence-electron chi connectivity index (χ0n) is 24.8. The van der Waals surface area contributed by atoms with E-state index < -0.39 is 17.7 Å². The fourth-order valence-corrected chi connectivity index (χ4v) is 5.98. The molecule has 1 aromatic heterocycles. The molecule has 2 aromatic carbocycles. The molecular formula is C32H34N2O8S. The number of rotatable bonds is 10. The number of aliphatic hydroxyl groups is 1. The first kappa shape index (κ1) is 30.1. The average molecular weight is 607 g/mol. The number of nitrogens with zero attached hydrogens (tertiary/aromatic N) is 2. The molecule has 0 bridgehead atoms. The molecule has 43 heavy (non-hydrogen) atoms. The van der Waals surface area contributed by atoms with Crippen molar-refractivity contribution in [2.75, 3.05) is 31.3 Å². The Morgan fingerprint density at radius 1 is 1.09 bits per heavy atom. The summed E-state index contributed by atoms with van der Waals surface area (Å²) in [7, 11) is 0. The molecule has 5 rings (SSSR count). The molecule has 0 saturated carbocycles. The minimum atomic E-state index is -1.07. The van der Waals surface area contributed by atoms with Crippen molar-refractivity contribution < 1.29 is 38.4 Å². The summed E-state index contributed by atoms with van der Waals surface area (Å²) in [6.07, 6.45) is 0.852. The van der Waals surface area contributed by atoms with Crippen molar-refractivity contribution in [2.24, 2.45) is 5.92 Å². The monoisotopic (exact) mass is 606 g/mol. The number of benzene rings is 2. The van der Waals surface area contributed by atoms with Gasteiger partial charge in [0.2, 0.25) is 0 Å². The van der Waals surface area contributed by atoms with Crippen LogP contribution in [-0.4, -0.2) is 54.0 Å². The fraction of sp³-hybridized carbons (Fsp3) is 0.375. The van der Waals surface area contributed by atoms with E-state index in [4.69, 9.17) is 18.9 Å². The molecule has 11 heteroatoms. The van der Waals surface area contributed by atoms with Crippen LogP contribution in [0.5, 0.6) is 23.0 Å². The van der Waals surface area contributed by atoms with Gasteiger partial charge in [-0.1, -0.05) is 31.3 Å². The van der Waals surface area contributed by atoms with Crippen molar-refractivity contribution in [3.63, 3.8) is 0 Å². The molecular weight excluding hydrogens is 572 g/mol. The molecule has 226 valence electrons. The number of carbonyl (C=O) groups excluding carboxylic acids is 3. The van der Waals surface area contributed by atoms with E-state index in [-0.39, 0.29) is 27.8 Å². The molecule has 1 amide bonds. The molecule has 0 spiro atoms. The predicted octanol–water partition coefficient (Wildman–Crippen LogP) is 5.88. The first-order valence-corrected chi connectivity index (χ1v) is 15.0. The summed E-state index contributed by atoms with van der Waals surface area (Å²) >= 11 is 1.02. The van der Waals surface area contributed by atoms with Gasteiger partial charge in [0.05, 0.1) is 35.4 Å². The number of ether oxygens (including phenoxy) is 4. The number of anilines is 1. The summed E-state index contributed by atoms with van der Waals surface area (Å²) in [5.41, 5.74) is 1.10. The lowest BCUT2D eigenvalue weighted by Gasteiger charge is -2.24. The summed E-state index contributed by atoms with van der Waals surface area (Å²) in [5.74, 6) is 0.0241. The van der Waals surface area contributed by atoms with Gasteiger partial charge >= 0.3 is 5.91 Å². The number of hydrogen-bond acceptors (Lipinski definition) is 10. The highest BCUT2D eigenvalue weighted by atomic mass is 32.1. The number of hydrogen-bond donors (Lipinski definition) is 1. The van der Waals surface area contributed by atoms with Gasteiger partial charge < -0.3 is 24.1 Å². The summed E-state index contributed by atoms with van der Waals surface area (Å²) < 4.78 is 23.2. The molecule has 0 radical (unpaired) electrons. The lowest BCUT2D eigenvalue weighted by Crippen LogP contribution is -2.29. The van der Waals surface area contributed by atoms with E-state index in [0.29, 0.717) is 71.5 Å². The third kappa shape index (κ3) is 5.94. The Hall–Kier alpha value is -4.38. The molecule has 1 fully saturated rings. The van der Waals surface area contributed by atoms with Gasteiger partial charge in [0.1, 0.15) is 19.0 Å². The second-order valence-electron chi connectivity index (χ2n) is 10.7. The molecule has 1 atom stereocenters. The summed E-state index contributed by atoms with van der Waals surface area (Å²) in [5, 5.41) is 11.8. The van der Waals surface area contributed by atoms with Gasteiger partial charge in [0.25, 0.3) is 5.78 Å². The van der Waals surface area contributed by atoms with Crippen molar-refractivity contribution in [2.45, 2.75) is 47.1 Å². The van der Waals surface area contributed by atoms with Crippen molar-refractivity contribution in [3.8, 4) is 23.0 Å². The molecule has 2 aliphatic heterocycles. The molecule has 0 aliphatic carbocycles. The maximum absolute atomic E-state index is 13.7. The number of Topliss-reactive ketones (excluding diaryl/α,β-unsaturated/α-hetero) is 2. The number of ketones is 2. The Labute approximate surface area is 253 Å². The van der Waals surface area contributed by atoms with Gasteiger partial charge in [-0.05, 0) is 62.1 Å². The van der Waals surface area contributed by atoms with Crippen molar-refractivity contribution >= 4 is 39.7 Å². The van der Waals surface area contributed by atoms with Gasteiger partial charge in [0.15, 0.2) is 33.9 Å². The van der Waals surface area contributed by atoms with E-state index in [2.05, 4.69) is 18.8 Å². The third-order valence-electron chi connectivity index (χ3n) is 7.11. The van der Waals surface area contributed by atoms with Crippen LogP contribution in [0.3, 0.4) is 0 Å². The standard InChI is InChI=1S/C32H34N2O8S/c1-6-39-24-15-20(7-9-22(24)40-12-11-17(2)3)27-26(28(36)21-8-10-23-25(16-21)42-14-13-41-23)29(37)31(38)34(27)32-33-18(4)30(43-32)19(5)35/h7-10,15-17,27,36H,6,11-14H2,1-5H3/b28-26+/t27-/m0/s1. The number of amides is 1. The highest BCUT2D eigenvalue weighted by molar-refractivity contribution is 7.18. The van der Waals surface area contributed by atoms with E-state index in [9.17, 15) is 19.5 Å². The number of carbonyl (C=O) groups is 3. The number of thiazole rings is 1. The lowest BCUT2D eigenvalue weighted by molar-refractivity contribution is -0.132. The molecule has 2 aliphatic rings. The highest BCUT2D eigenvalue weighted by Crippen LogP contribution is 2.46. The molecule has 0 unspecified atom stereocenters. The van der Waals surface area contributed by atoms with Crippen molar-refractivity contribution in [1.82, 2.24) is 4.98 Å². The van der Waals surface area contributed by atoms with Crippen LogP contribution in [0.25, 0.3) is 5.76 Å². The first-order valence-electron chi connectivity index (χ1n) is 14.2. The molecule has 1 saturated heterocycles. The second kappa shape index (κ2) is 12.5. The SMILES string of the molecule is CCOc1cc([C@H]2/C(=C(\O)c3ccc4c(c3)OCCO4)C(=O)C(=O)N2c2nc(C)c(C(C)=O)s2)ccc1OCCC(C)C. The van der Waals surface area contributed by atoms with E-state index in [0.717, 1.165) is 17.8 Å². The smallest absolute Gasteiger partial charge is 0.301 e. The Kier molecular flexibility index (Phi) is 8.72. The first-order chi connectivity index (χ1) is 20.6. The highest BCUT2D eigenvalue weighted by Gasteiger charge is 2.48. The maximum atomic E-state index is 13.7. The van der Waals surface area contributed by atoms with Crippen molar-refractivity contribution in [1.29, 1.82) is 0 Å². The van der Waals surface area contributed by atoms with Crippen molar-refractivity contribution in [3.05, 3.63) is 63.7 Å². The average Bonchev–Trinajstić information content (AvgIpc) is 3.49. The normalized spacial score (nSPS) is 17.4. The molecule has 10 nitrogen and oxygen atoms in total. The summed E-state index contributed by atoms with van der Waals surface area (Å²) in [6, 6.07) is 8.94. The number of aliphatic hydroxyl groups excluding tert-OH is 1. The number of fused-ring (bicyclic) bond motifs is 1. The summed E-state index contributed by atoms with van der Waals surface area (Å²) in [4.78, 5) is 45.7. The van der Waals surface area contributed by atoms with Crippen LogP contribution >= 0.6 is 11.3 Å². The Morgan fingerprint density at radius 2 is 1.84 bits per heavy atom. The predicted molar refractivity (Wildman–Crippen MR) is 162 cm³/mol. The van der Waals surface area contributed by atoms with Crippen LogP contribution in [0.2, 0.25) is 0 Å². The Balaban J connectivity index is 1.66. The molecule has 3 aromatic rings. The zero-order valence-corrected chi connectivity index (χ0v) is 25.6. The quantitative estimate of drug-likeness (QED) is 0.130. The minimum absolute atomic E-state index is 0.130. The van der Waals surface area contributed by atoms with Gasteiger partial charge in [0, 0.05) is 12.5 Å². The van der Waals surface area contributed by atoms with E-state index in [1.54, 1.807) is 43.3 Å². The maximum Gasteiger partial charge on any atom is 0.301 e. The van der Waals surface area contributed by atoms with Crippen LogP contribution in [0, 0.1) is 12.8 Å². The van der Waals surface area contributed by atoms with E-state index in [1.807, 2.05) is 6.92 Å². The Bertz CT molecular complexity index is 1610. The minimum Gasteiger partial charge on any atom is -0.507 e. The van der Waals surface area contributed by atoms with Crippen LogP contribution < -0.4 is 23.8 Å². The Morgan fingerprint density at radius 3 is 2.51 bits per heavy atom. The molecule has 1 N–H and O–H groups in total. The number of aromatic nitrogens is 1. The van der Waals surface area contributed by atoms with Crippen LogP contribution in [-0.2, 0) is 9.59 Å². The van der Waals surface area contributed by atoms with Gasteiger partial charge in [-0.15, -0.1) is 0 Å². The number of aryl methyl sites for hydroxylation is 1. The third-order valence-corrected chi connectivity index (χ3v) is 8.36. The molecule has 3 heterocycles. The van der Waals surface area contributed by atoms with Gasteiger partial charge in [-0.2, -0.15) is 0 Å². The van der Waals surface area contributed by atoms with E-state index in [1.165, 1.54) is 11.8 Å². The van der Waals surface area contributed by atoms with Crippen LogP contribution in [0.15, 0.2) is 42.0 Å². The largest absolute Gasteiger partial charge is 0.507 e. The second-order valence-corrected chi connectivity index (χ2v) is 11.6. The fourth-order valence-electron chi connectivity index (χ4n) is 4.99.